The number of rotatable bonds is 6. The van der Waals surface area contributed by atoms with Crippen LogP contribution in [-0.4, -0.2) is 40.3 Å². The van der Waals surface area contributed by atoms with Crippen LogP contribution >= 0.6 is 0 Å². The van der Waals surface area contributed by atoms with Gasteiger partial charge in [-0.15, -0.1) is 5.10 Å². The number of primary sulfonamides is 1. The van der Waals surface area contributed by atoms with Crippen LogP contribution in [0.2, 0.25) is 0 Å². The third kappa shape index (κ3) is 3.73. The first-order chi connectivity index (χ1) is 14.0. The fourth-order valence-corrected chi connectivity index (χ4v) is 3.56. The van der Waals surface area contributed by atoms with Crippen LogP contribution in [0.25, 0.3) is 17.0 Å². The lowest BCUT2D eigenvalue weighted by Gasteiger charge is -2.08. The average molecular weight is 411 g/mol. The molecule has 0 unspecified atom stereocenters. The number of para-hydroxylation sites is 1. The highest BCUT2D eigenvalue weighted by atomic mass is 32.2. The fourth-order valence-electron chi connectivity index (χ4n) is 2.87. The van der Waals surface area contributed by atoms with Gasteiger partial charge >= 0.3 is 6.01 Å². The first-order valence-corrected chi connectivity index (χ1v) is 10.1. The topological polar surface area (TPSA) is 138 Å². The number of sulfonamides is 1. The van der Waals surface area contributed by atoms with E-state index in [9.17, 15) is 8.42 Å². The summed E-state index contributed by atoms with van der Waals surface area (Å²) in [5, 5.41) is 16.5. The molecular weight excluding hydrogens is 394 g/mol. The molecule has 0 aliphatic heterocycles. The van der Waals surface area contributed by atoms with Crippen LogP contribution in [0.5, 0.6) is 6.01 Å². The summed E-state index contributed by atoms with van der Waals surface area (Å²) in [4.78, 5) is 8.60. The number of anilines is 1. The molecular formula is C18H17N7O3S. The van der Waals surface area contributed by atoms with Gasteiger partial charge in [0.1, 0.15) is 10.4 Å². The fraction of sp³-hybridized carbons (Fsp3) is 0.111. The summed E-state index contributed by atoms with van der Waals surface area (Å²) in [6.45, 7) is 0.552. The zero-order chi connectivity index (χ0) is 20.4. The number of nitrogens with one attached hydrogen (secondary N) is 1. The van der Waals surface area contributed by atoms with E-state index in [1.165, 1.54) is 23.9 Å². The SMILES string of the molecule is COc1nc2c(S(N)(=O)=O)cccc2n1-c1nncc(NCc2ccccc2)n1. The zero-order valence-corrected chi connectivity index (χ0v) is 16.2. The van der Waals surface area contributed by atoms with Gasteiger partial charge in [0, 0.05) is 6.54 Å². The van der Waals surface area contributed by atoms with Crippen molar-refractivity contribution >= 4 is 26.9 Å². The molecule has 0 saturated heterocycles. The Hall–Kier alpha value is -3.57. The number of nitrogens with zero attached hydrogens (tertiary/aromatic N) is 5. The number of imidazole rings is 1. The third-order valence-corrected chi connectivity index (χ3v) is 5.11. The van der Waals surface area contributed by atoms with Crippen LogP contribution in [0.3, 0.4) is 0 Å². The molecule has 11 heteroatoms. The number of nitrogens with two attached hydrogens (primary N) is 1. The molecule has 2 aromatic carbocycles. The molecule has 0 bridgehead atoms. The van der Waals surface area contributed by atoms with Crippen LogP contribution in [0.1, 0.15) is 5.56 Å². The lowest BCUT2D eigenvalue weighted by Crippen LogP contribution is -2.12. The highest BCUT2D eigenvalue weighted by Gasteiger charge is 2.22. The molecule has 0 fully saturated rings. The lowest BCUT2D eigenvalue weighted by molar-refractivity contribution is 0.373. The highest BCUT2D eigenvalue weighted by Crippen LogP contribution is 2.28. The summed E-state index contributed by atoms with van der Waals surface area (Å²) in [6, 6.07) is 14.5. The molecule has 2 heterocycles. The van der Waals surface area contributed by atoms with Crippen molar-refractivity contribution in [2.45, 2.75) is 11.4 Å². The van der Waals surface area contributed by atoms with Crippen molar-refractivity contribution < 1.29 is 13.2 Å². The standard InChI is InChI=1S/C18H17N7O3S/c1-28-18-23-16-13(8-5-9-14(16)29(19,26)27)25(18)17-22-15(11-21-24-17)20-10-12-6-3-2-4-7-12/h2-9,11H,10H2,1H3,(H2,19,26,27)(H,20,22,24). The summed E-state index contributed by atoms with van der Waals surface area (Å²) < 4.78 is 30.6. The number of methoxy groups -OCH3 is 1. The van der Waals surface area contributed by atoms with Gasteiger partial charge in [-0.25, -0.2) is 18.1 Å². The van der Waals surface area contributed by atoms with Gasteiger partial charge in [-0.1, -0.05) is 36.4 Å². The first kappa shape index (κ1) is 18.8. The average Bonchev–Trinajstić information content (AvgIpc) is 3.11. The molecule has 0 aliphatic carbocycles. The number of fused-ring (bicyclic) bond motifs is 1. The van der Waals surface area contributed by atoms with Gasteiger partial charge in [-0.05, 0) is 17.7 Å². The van der Waals surface area contributed by atoms with E-state index in [4.69, 9.17) is 9.88 Å². The Kier molecular flexibility index (Phi) is 4.82. The van der Waals surface area contributed by atoms with E-state index in [1.807, 2.05) is 30.3 Å². The Morgan fingerprint density at radius 1 is 1.10 bits per heavy atom. The van der Waals surface area contributed by atoms with Crippen molar-refractivity contribution in [3.05, 3.63) is 60.3 Å². The monoisotopic (exact) mass is 411 g/mol. The summed E-state index contributed by atoms with van der Waals surface area (Å²) in [5.74, 6) is 0.666. The van der Waals surface area contributed by atoms with Gasteiger partial charge in [0.15, 0.2) is 5.82 Å². The molecule has 148 valence electrons. The minimum atomic E-state index is -3.97. The predicted octanol–water partition coefficient (Wildman–Crippen LogP) is 1.48. The second-order valence-corrected chi connectivity index (χ2v) is 7.61. The summed E-state index contributed by atoms with van der Waals surface area (Å²) in [7, 11) is -2.55. The number of hydrogen-bond donors (Lipinski definition) is 2. The largest absolute Gasteiger partial charge is 0.468 e. The van der Waals surface area contributed by atoms with E-state index in [-0.39, 0.29) is 22.4 Å². The zero-order valence-electron chi connectivity index (χ0n) is 15.3. The smallest absolute Gasteiger partial charge is 0.304 e. The van der Waals surface area contributed by atoms with Gasteiger partial charge in [0.25, 0.3) is 5.95 Å². The van der Waals surface area contributed by atoms with Crippen molar-refractivity contribution in [1.29, 1.82) is 0 Å². The van der Waals surface area contributed by atoms with Gasteiger partial charge in [0.2, 0.25) is 10.0 Å². The van der Waals surface area contributed by atoms with E-state index in [0.717, 1.165) is 5.56 Å². The Labute approximate surface area is 166 Å². The maximum Gasteiger partial charge on any atom is 0.304 e. The van der Waals surface area contributed by atoms with E-state index < -0.39 is 10.0 Å². The highest BCUT2D eigenvalue weighted by molar-refractivity contribution is 7.89. The molecule has 4 rings (SSSR count). The van der Waals surface area contributed by atoms with E-state index in [0.29, 0.717) is 17.9 Å². The maximum absolute atomic E-state index is 11.9. The molecule has 2 aromatic heterocycles. The van der Waals surface area contributed by atoms with E-state index in [1.54, 1.807) is 12.1 Å². The minimum absolute atomic E-state index is 0.109. The van der Waals surface area contributed by atoms with Crippen molar-refractivity contribution in [3.63, 3.8) is 0 Å². The molecule has 3 N–H and O–H groups in total. The van der Waals surface area contributed by atoms with Crippen LogP contribution < -0.4 is 15.2 Å². The molecule has 0 saturated carbocycles. The van der Waals surface area contributed by atoms with Crippen LogP contribution in [0, 0.1) is 0 Å². The van der Waals surface area contributed by atoms with Crippen LogP contribution in [-0.2, 0) is 16.6 Å². The van der Waals surface area contributed by atoms with Gasteiger partial charge in [0.05, 0.1) is 18.8 Å². The molecule has 4 aromatic rings. The summed E-state index contributed by atoms with van der Waals surface area (Å²) in [5.41, 5.74) is 1.67. The number of hydrogen-bond acceptors (Lipinski definition) is 8. The summed E-state index contributed by atoms with van der Waals surface area (Å²) in [6.07, 6.45) is 1.49. The van der Waals surface area contributed by atoms with Crippen molar-refractivity contribution in [2.24, 2.45) is 5.14 Å². The van der Waals surface area contributed by atoms with Gasteiger partial charge < -0.3 is 10.1 Å². The quantitative estimate of drug-likeness (QED) is 0.486. The molecule has 0 spiro atoms. The molecule has 0 amide bonds. The van der Waals surface area contributed by atoms with E-state index >= 15 is 0 Å². The van der Waals surface area contributed by atoms with Crippen molar-refractivity contribution in [1.82, 2.24) is 24.7 Å². The van der Waals surface area contributed by atoms with Crippen LogP contribution in [0.15, 0.2) is 59.6 Å². The van der Waals surface area contributed by atoms with Gasteiger partial charge in [-0.2, -0.15) is 15.1 Å². The Bertz CT molecular complexity index is 1270. The first-order valence-electron chi connectivity index (χ1n) is 8.53. The Morgan fingerprint density at radius 3 is 2.62 bits per heavy atom. The van der Waals surface area contributed by atoms with Gasteiger partial charge in [-0.3, -0.25) is 0 Å². The van der Waals surface area contributed by atoms with Crippen molar-refractivity contribution in [3.8, 4) is 12.0 Å². The molecule has 10 nitrogen and oxygen atoms in total. The predicted molar refractivity (Wildman–Crippen MR) is 106 cm³/mol. The second kappa shape index (κ2) is 7.45. The van der Waals surface area contributed by atoms with E-state index in [2.05, 4.69) is 25.5 Å². The second-order valence-electron chi connectivity index (χ2n) is 6.08. The Morgan fingerprint density at radius 2 is 1.90 bits per heavy atom. The number of benzene rings is 2. The van der Waals surface area contributed by atoms with Crippen LogP contribution in [0.4, 0.5) is 5.82 Å². The summed E-state index contributed by atoms with van der Waals surface area (Å²) >= 11 is 0. The lowest BCUT2D eigenvalue weighted by atomic mass is 10.2. The molecule has 0 aliphatic rings. The third-order valence-electron chi connectivity index (χ3n) is 4.17. The minimum Gasteiger partial charge on any atom is -0.468 e. The molecule has 0 atom stereocenters. The number of aromatic nitrogens is 5. The molecule has 0 radical (unpaired) electrons. The van der Waals surface area contributed by atoms with Crippen molar-refractivity contribution in [2.75, 3.05) is 12.4 Å². The Balaban J connectivity index is 1.77. The normalized spacial score (nSPS) is 11.5. The maximum atomic E-state index is 11.9. The number of ether oxygens (including phenoxy) is 1. The molecule has 29 heavy (non-hydrogen) atoms.